The SMILES string of the molecule is O=S(=O)(O)CC[n+]1ccc(-c2cnccn2)c(C(F)(F)F)c1. The molecule has 1 N–H and O–H groups in total. The molecule has 0 fully saturated rings. The normalized spacial score (nSPS) is 12.4. The second-order valence-electron chi connectivity index (χ2n) is 4.38. The van der Waals surface area contributed by atoms with Gasteiger partial charge < -0.3 is 0 Å². The maximum atomic E-state index is 13.2. The van der Waals surface area contributed by atoms with Gasteiger partial charge >= 0.3 is 6.18 Å². The summed E-state index contributed by atoms with van der Waals surface area (Å²) >= 11 is 0. The molecule has 0 amide bonds. The molecule has 10 heteroatoms. The summed E-state index contributed by atoms with van der Waals surface area (Å²) in [5, 5.41) is 0. The molecule has 2 rings (SSSR count). The topological polar surface area (TPSA) is 84.0 Å². The van der Waals surface area contributed by atoms with E-state index in [4.69, 9.17) is 4.55 Å². The number of aromatic nitrogens is 3. The van der Waals surface area contributed by atoms with Crippen molar-refractivity contribution >= 4 is 10.1 Å². The van der Waals surface area contributed by atoms with Crippen LogP contribution in [0, 0.1) is 0 Å². The Morgan fingerprint density at radius 2 is 2.00 bits per heavy atom. The molecule has 2 heterocycles. The van der Waals surface area contributed by atoms with Gasteiger partial charge in [0.05, 0.1) is 11.9 Å². The van der Waals surface area contributed by atoms with E-state index in [1.807, 2.05) is 0 Å². The van der Waals surface area contributed by atoms with Crippen LogP contribution in [0.25, 0.3) is 11.3 Å². The average Bonchev–Trinajstić information content (AvgIpc) is 2.44. The summed E-state index contributed by atoms with van der Waals surface area (Å²) in [6.45, 7) is -0.303. The van der Waals surface area contributed by atoms with Gasteiger partial charge in [0.15, 0.2) is 18.9 Å². The Labute approximate surface area is 124 Å². The van der Waals surface area contributed by atoms with Crippen LogP contribution in [-0.2, 0) is 22.8 Å². The molecule has 118 valence electrons. The summed E-state index contributed by atoms with van der Waals surface area (Å²) in [6.07, 6.45) is 1.22. The summed E-state index contributed by atoms with van der Waals surface area (Å²) in [5.41, 5.74) is -1.08. The maximum Gasteiger partial charge on any atom is 0.422 e. The lowest BCUT2D eigenvalue weighted by Crippen LogP contribution is -2.38. The van der Waals surface area contributed by atoms with E-state index in [1.54, 1.807) is 0 Å². The number of hydrogen-bond acceptors (Lipinski definition) is 4. The smallest absolute Gasteiger partial charge is 0.285 e. The van der Waals surface area contributed by atoms with Crippen LogP contribution in [0.5, 0.6) is 0 Å². The first-order valence-electron chi connectivity index (χ1n) is 5.99. The number of rotatable bonds is 4. The monoisotopic (exact) mass is 334 g/mol. The van der Waals surface area contributed by atoms with Gasteiger partial charge in [0.25, 0.3) is 10.1 Å². The highest BCUT2D eigenvalue weighted by atomic mass is 32.2. The molecular formula is C12H11F3N3O3S+. The third-order valence-electron chi connectivity index (χ3n) is 2.77. The van der Waals surface area contributed by atoms with E-state index < -0.39 is 27.6 Å². The molecule has 0 aliphatic rings. The van der Waals surface area contributed by atoms with Gasteiger partial charge in [0, 0.05) is 24.0 Å². The van der Waals surface area contributed by atoms with E-state index in [1.165, 1.54) is 30.9 Å². The van der Waals surface area contributed by atoms with E-state index in [-0.39, 0.29) is 17.8 Å². The highest BCUT2D eigenvalue weighted by Gasteiger charge is 2.37. The van der Waals surface area contributed by atoms with Crippen molar-refractivity contribution in [2.45, 2.75) is 12.7 Å². The first kappa shape index (κ1) is 16.3. The number of alkyl halides is 3. The van der Waals surface area contributed by atoms with Crippen molar-refractivity contribution in [3.8, 4) is 11.3 Å². The molecule has 0 spiro atoms. The largest absolute Gasteiger partial charge is 0.422 e. The van der Waals surface area contributed by atoms with Gasteiger partial charge in [-0.1, -0.05) is 0 Å². The van der Waals surface area contributed by atoms with Crippen molar-refractivity contribution in [2.75, 3.05) is 5.75 Å². The fourth-order valence-electron chi connectivity index (χ4n) is 1.79. The van der Waals surface area contributed by atoms with Gasteiger partial charge in [-0.3, -0.25) is 14.5 Å². The van der Waals surface area contributed by atoms with Gasteiger partial charge in [-0.05, 0) is 0 Å². The van der Waals surface area contributed by atoms with E-state index in [2.05, 4.69) is 9.97 Å². The highest BCUT2D eigenvalue weighted by Crippen LogP contribution is 2.35. The van der Waals surface area contributed by atoms with Crippen molar-refractivity contribution in [2.24, 2.45) is 0 Å². The number of nitrogens with zero attached hydrogens (tertiary/aromatic N) is 3. The molecule has 0 saturated heterocycles. The lowest BCUT2D eigenvalue weighted by molar-refractivity contribution is -0.693. The highest BCUT2D eigenvalue weighted by molar-refractivity contribution is 7.85. The van der Waals surface area contributed by atoms with Crippen LogP contribution in [0.4, 0.5) is 13.2 Å². The van der Waals surface area contributed by atoms with Crippen molar-refractivity contribution in [1.82, 2.24) is 9.97 Å². The molecule has 2 aromatic rings. The van der Waals surface area contributed by atoms with E-state index >= 15 is 0 Å². The van der Waals surface area contributed by atoms with Crippen LogP contribution >= 0.6 is 0 Å². The molecule has 0 bridgehead atoms. The van der Waals surface area contributed by atoms with Gasteiger partial charge in [0.1, 0.15) is 11.3 Å². The third-order valence-corrected chi connectivity index (χ3v) is 3.47. The van der Waals surface area contributed by atoms with Gasteiger partial charge in [0.2, 0.25) is 0 Å². The fourth-order valence-corrected chi connectivity index (χ4v) is 2.23. The van der Waals surface area contributed by atoms with E-state index in [9.17, 15) is 21.6 Å². The Kier molecular flexibility index (Phi) is 4.42. The molecule has 0 radical (unpaired) electrons. The van der Waals surface area contributed by atoms with Crippen molar-refractivity contribution in [3.05, 3.63) is 42.6 Å². The Hall–Kier alpha value is -2.07. The van der Waals surface area contributed by atoms with Crippen LogP contribution < -0.4 is 4.57 Å². The standard InChI is InChI=1S/C12H10F3N3O3S/c13-12(14,15)10-8-18(5-6-22(19,20)21)4-1-9(10)11-7-16-2-3-17-11/h1-4,7-8H,5-6H2/p+1. The Morgan fingerprint density at radius 3 is 2.55 bits per heavy atom. The average molecular weight is 334 g/mol. The first-order valence-corrected chi connectivity index (χ1v) is 7.59. The first-order chi connectivity index (χ1) is 10.2. The maximum absolute atomic E-state index is 13.2. The molecule has 0 saturated carbocycles. The summed E-state index contributed by atoms with van der Waals surface area (Å²) in [7, 11) is -4.26. The Bertz CT molecular complexity index is 764. The zero-order chi connectivity index (χ0) is 16.4. The molecule has 0 aliphatic carbocycles. The number of halogens is 3. The zero-order valence-electron chi connectivity index (χ0n) is 11.0. The van der Waals surface area contributed by atoms with Crippen LogP contribution in [0.1, 0.15) is 5.56 Å². The lowest BCUT2D eigenvalue weighted by Gasteiger charge is -2.10. The number of hydrogen-bond donors (Lipinski definition) is 1. The van der Waals surface area contributed by atoms with Crippen LogP contribution in [0.15, 0.2) is 37.1 Å². The minimum Gasteiger partial charge on any atom is -0.285 e. The second kappa shape index (κ2) is 5.97. The molecule has 0 aliphatic heterocycles. The predicted molar refractivity (Wildman–Crippen MR) is 69.1 cm³/mol. The molecule has 6 nitrogen and oxygen atoms in total. The molecule has 0 aromatic carbocycles. The van der Waals surface area contributed by atoms with Gasteiger partial charge in [-0.2, -0.15) is 21.6 Å². The van der Waals surface area contributed by atoms with Crippen molar-refractivity contribution in [1.29, 1.82) is 0 Å². The summed E-state index contributed by atoms with van der Waals surface area (Å²) in [4.78, 5) is 7.56. The second-order valence-corrected chi connectivity index (χ2v) is 5.96. The van der Waals surface area contributed by atoms with Gasteiger partial charge in [-0.15, -0.1) is 0 Å². The zero-order valence-corrected chi connectivity index (χ0v) is 11.8. The lowest BCUT2D eigenvalue weighted by atomic mass is 10.1. The third kappa shape index (κ3) is 4.21. The van der Waals surface area contributed by atoms with Crippen LogP contribution in [-0.4, -0.2) is 28.7 Å². The number of pyridine rings is 1. The Morgan fingerprint density at radius 1 is 1.27 bits per heavy atom. The molecule has 0 atom stereocenters. The minimum absolute atomic E-state index is 0.0526. The van der Waals surface area contributed by atoms with E-state index in [0.29, 0.717) is 0 Å². The molecule has 2 aromatic heterocycles. The summed E-state index contributed by atoms with van der Waals surface area (Å²) in [5.74, 6) is -0.681. The summed E-state index contributed by atoms with van der Waals surface area (Å²) in [6, 6.07) is 1.18. The fraction of sp³-hybridized carbons (Fsp3) is 0.250. The minimum atomic E-state index is -4.64. The van der Waals surface area contributed by atoms with Gasteiger partial charge in [-0.25, -0.2) is 4.57 Å². The molecule has 0 unspecified atom stereocenters. The molecular weight excluding hydrogens is 323 g/mol. The van der Waals surface area contributed by atoms with Crippen molar-refractivity contribution in [3.63, 3.8) is 0 Å². The van der Waals surface area contributed by atoms with Crippen LogP contribution in [0.3, 0.4) is 0 Å². The predicted octanol–water partition coefficient (Wildman–Crippen LogP) is 1.34. The van der Waals surface area contributed by atoms with Crippen molar-refractivity contribution < 1.29 is 30.7 Å². The van der Waals surface area contributed by atoms with E-state index in [0.717, 1.165) is 10.8 Å². The number of aryl methyl sites for hydroxylation is 1. The quantitative estimate of drug-likeness (QED) is 0.674. The summed E-state index contributed by atoms with van der Waals surface area (Å²) < 4.78 is 70.5. The van der Waals surface area contributed by atoms with Crippen LogP contribution in [0.2, 0.25) is 0 Å². The molecule has 22 heavy (non-hydrogen) atoms. The Balaban J connectivity index is 2.44.